The second kappa shape index (κ2) is 11.6. The third kappa shape index (κ3) is 5.70. The number of aromatic nitrogens is 3. The summed E-state index contributed by atoms with van der Waals surface area (Å²) in [5, 5.41) is 5.35. The maximum atomic E-state index is 16.0. The molecule has 0 bridgehead atoms. The Kier molecular flexibility index (Phi) is 8.09. The van der Waals surface area contributed by atoms with Crippen molar-refractivity contribution in [2.75, 3.05) is 19.0 Å². The number of methoxy groups -OCH3 is 1. The minimum absolute atomic E-state index is 0.0980. The van der Waals surface area contributed by atoms with Gasteiger partial charge in [0.05, 0.1) is 29.4 Å². The second-order valence-electron chi connectivity index (χ2n) is 11.4. The van der Waals surface area contributed by atoms with Crippen molar-refractivity contribution in [3.8, 4) is 16.9 Å². The molecule has 3 aromatic heterocycles. The molecule has 0 aliphatic rings. The van der Waals surface area contributed by atoms with Gasteiger partial charge in [0.25, 0.3) is 0 Å². The molecular formula is C33H32F3N5O3. The number of pyridine rings is 1. The number of amides is 1. The number of nitrogens with zero attached hydrogens (tertiary/aromatic N) is 3. The Labute approximate surface area is 252 Å². The van der Waals surface area contributed by atoms with Crippen LogP contribution in [0.25, 0.3) is 27.7 Å². The van der Waals surface area contributed by atoms with E-state index < -0.39 is 34.8 Å². The van der Waals surface area contributed by atoms with Gasteiger partial charge in [-0.05, 0) is 58.0 Å². The van der Waals surface area contributed by atoms with Crippen LogP contribution < -0.4 is 15.4 Å². The molecule has 5 aromatic rings. The lowest BCUT2D eigenvalue weighted by Crippen LogP contribution is -2.35. The Bertz CT molecular complexity index is 1940. The summed E-state index contributed by atoms with van der Waals surface area (Å²) >= 11 is 0. The number of carbonyl (C=O) groups is 2. The Hall–Kier alpha value is -4.90. The zero-order valence-corrected chi connectivity index (χ0v) is 25.2. The summed E-state index contributed by atoms with van der Waals surface area (Å²) in [6.07, 6.45) is 4.31. The zero-order chi connectivity index (χ0) is 31.9. The van der Waals surface area contributed by atoms with Crippen molar-refractivity contribution >= 4 is 33.9 Å². The summed E-state index contributed by atoms with van der Waals surface area (Å²) in [5.41, 5.74) is 0.834. The summed E-state index contributed by atoms with van der Waals surface area (Å²) in [5.74, 6) is -3.26. The van der Waals surface area contributed by atoms with Crippen LogP contribution in [0.3, 0.4) is 0 Å². The van der Waals surface area contributed by atoms with Crippen molar-refractivity contribution in [3.05, 3.63) is 95.3 Å². The number of ether oxygens (including phenoxy) is 1. The van der Waals surface area contributed by atoms with Crippen molar-refractivity contribution in [2.24, 2.45) is 7.05 Å². The number of benzene rings is 2. The number of nitrogens with one attached hydrogen (secondary N) is 2. The topological polar surface area (TPSA) is 89.7 Å². The molecule has 0 unspecified atom stereocenters. The number of halogens is 3. The lowest BCUT2D eigenvalue weighted by molar-refractivity contribution is -0.112. The Morgan fingerprint density at radius 2 is 1.75 bits per heavy atom. The quantitative estimate of drug-likeness (QED) is 0.160. The second-order valence-corrected chi connectivity index (χ2v) is 11.4. The van der Waals surface area contributed by atoms with Gasteiger partial charge >= 0.3 is 0 Å². The van der Waals surface area contributed by atoms with E-state index in [2.05, 4.69) is 15.6 Å². The molecule has 0 radical (unpaired) electrons. The summed E-state index contributed by atoms with van der Waals surface area (Å²) in [7, 11) is 3.22. The van der Waals surface area contributed by atoms with Crippen LogP contribution in [0.2, 0.25) is 0 Å². The van der Waals surface area contributed by atoms with Crippen LogP contribution in [0.5, 0.6) is 5.75 Å². The Morgan fingerprint density at radius 3 is 2.41 bits per heavy atom. The van der Waals surface area contributed by atoms with Crippen molar-refractivity contribution in [2.45, 2.75) is 33.2 Å². The first kappa shape index (κ1) is 30.6. The first-order valence-corrected chi connectivity index (χ1v) is 13.9. The maximum Gasteiger partial charge on any atom is 0.248 e. The summed E-state index contributed by atoms with van der Waals surface area (Å²) in [4.78, 5) is 30.1. The number of imidazole rings is 1. The molecule has 8 nitrogen and oxygen atoms in total. The Balaban J connectivity index is 1.47. The van der Waals surface area contributed by atoms with E-state index in [-0.39, 0.29) is 33.6 Å². The standard InChI is InChI=1S/C33H32F3N5O3/c1-18-38-31-25(40(18)5)17-26(44-6)28(29(31)36)20-9-8-14-41-23(20)11-12-24(41)32(43)19-15-21(34)30(22(35)16-19)39-27(42)10-7-13-37-33(2,3)4/h7-12,14-17,37H,13H2,1-6H3,(H,39,42)/b10-7+. The van der Waals surface area contributed by atoms with Crippen LogP contribution in [0.1, 0.15) is 42.6 Å². The maximum absolute atomic E-state index is 16.0. The largest absolute Gasteiger partial charge is 0.496 e. The van der Waals surface area contributed by atoms with E-state index in [4.69, 9.17) is 4.74 Å². The van der Waals surface area contributed by atoms with Crippen LogP contribution in [-0.4, -0.2) is 44.8 Å². The average molecular weight is 604 g/mol. The van der Waals surface area contributed by atoms with Gasteiger partial charge in [-0.3, -0.25) is 9.59 Å². The molecule has 11 heteroatoms. The average Bonchev–Trinajstić information content (AvgIpc) is 3.53. The number of anilines is 1. The minimum Gasteiger partial charge on any atom is -0.496 e. The van der Waals surface area contributed by atoms with Crippen LogP contribution in [0.15, 0.2) is 60.8 Å². The molecule has 2 aromatic carbocycles. The van der Waals surface area contributed by atoms with E-state index in [0.29, 0.717) is 29.0 Å². The number of hydrogen-bond donors (Lipinski definition) is 2. The molecule has 0 spiro atoms. The normalized spacial score (nSPS) is 12.0. The molecule has 0 saturated carbocycles. The van der Waals surface area contributed by atoms with E-state index >= 15 is 4.39 Å². The third-order valence-corrected chi connectivity index (χ3v) is 7.29. The smallest absolute Gasteiger partial charge is 0.248 e. The van der Waals surface area contributed by atoms with Crippen molar-refractivity contribution < 1.29 is 27.5 Å². The lowest BCUT2D eigenvalue weighted by Gasteiger charge is -2.18. The van der Waals surface area contributed by atoms with Gasteiger partial charge in [-0.1, -0.05) is 12.1 Å². The van der Waals surface area contributed by atoms with E-state index in [1.807, 2.05) is 20.8 Å². The number of ketones is 1. The van der Waals surface area contributed by atoms with E-state index in [9.17, 15) is 18.4 Å². The fraction of sp³-hybridized carbons (Fsp3) is 0.242. The molecule has 0 atom stereocenters. The monoisotopic (exact) mass is 603 g/mol. The predicted octanol–water partition coefficient (Wildman–Crippen LogP) is 6.34. The van der Waals surface area contributed by atoms with Crippen LogP contribution in [0.4, 0.5) is 18.9 Å². The van der Waals surface area contributed by atoms with Gasteiger partial charge < -0.3 is 24.3 Å². The first-order valence-electron chi connectivity index (χ1n) is 13.9. The summed E-state index contributed by atoms with van der Waals surface area (Å²) in [6.45, 7) is 8.05. The van der Waals surface area contributed by atoms with E-state index in [1.165, 1.54) is 29.7 Å². The van der Waals surface area contributed by atoms with Crippen molar-refractivity contribution in [3.63, 3.8) is 0 Å². The number of rotatable bonds is 8. The highest BCUT2D eigenvalue weighted by molar-refractivity contribution is 6.09. The minimum atomic E-state index is -1.10. The number of aryl methyl sites for hydroxylation is 2. The SMILES string of the molecule is COc1cc2c(nc(C)n2C)c(F)c1-c1cccn2c(C(=O)c3cc(F)c(NC(=O)/C=C/CNC(C)(C)C)c(F)c3)ccc12. The molecule has 3 heterocycles. The van der Waals surface area contributed by atoms with Gasteiger partial charge in [-0.2, -0.15) is 0 Å². The third-order valence-electron chi connectivity index (χ3n) is 7.29. The molecule has 0 fully saturated rings. The van der Waals surface area contributed by atoms with E-state index in [0.717, 1.165) is 12.1 Å². The molecule has 0 aliphatic heterocycles. The molecule has 228 valence electrons. The first-order chi connectivity index (χ1) is 20.8. The molecule has 5 rings (SSSR count). The fourth-order valence-corrected chi connectivity index (χ4v) is 4.99. The van der Waals surface area contributed by atoms with Gasteiger partial charge in [-0.25, -0.2) is 18.2 Å². The molecular weight excluding hydrogens is 571 g/mol. The number of hydrogen-bond acceptors (Lipinski definition) is 5. The summed E-state index contributed by atoms with van der Waals surface area (Å²) < 4.78 is 54.8. The van der Waals surface area contributed by atoms with Crippen LogP contribution in [-0.2, 0) is 11.8 Å². The highest BCUT2D eigenvalue weighted by Gasteiger charge is 2.24. The molecule has 2 N–H and O–H groups in total. The summed E-state index contributed by atoms with van der Waals surface area (Å²) in [6, 6.07) is 9.89. The van der Waals surface area contributed by atoms with Gasteiger partial charge in [0.2, 0.25) is 11.7 Å². The fourth-order valence-electron chi connectivity index (χ4n) is 4.99. The molecule has 0 saturated heterocycles. The van der Waals surface area contributed by atoms with E-state index in [1.54, 1.807) is 49.0 Å². The highest BCUT2D eigenvalue weighted by atomic mass is 19.1. The van der Waals surface area contributed by atoms with Crippen LogP contribution in [0, 0.1) is 24.4 Å². The number of fused-ring (bicyclic) bond motifs is 2. The molecule has 1 amide bonds. The Morgan fingerprint density at radius 1 is 1.05 bits per heavy atom. The highest BCUT2D eigenvalue weighted by Crippen LogP contribution is 2.40. The molecule has 0 aliphatic carbocycles. The molecule has 44 heavy (non-hydrogen) atoms. The van der Waals surface area contributed by atoms with Gasteiger partial charge in [0.1, 0.15) is 34.4 Å². The van der Waals surface area contributed by atoms with Gasteiger partial charge in [0, 0.05) is 48.6 Å². The van der Waals surface area contributed by atoms with Gasteiger partial charge in [0.15, 0.2) is 5.82 Å². The van der Waals surface area contributed by atoms with Gasteiger partial charge in [-0.15, -0.1) is 0 Å². The number of carbonyl (C=O) groups excluding carboxylic acids is 2. The predicted molar refractivity (Wildman–Crippen MR) is 164 cm³/mol. The van der Waals surface area contributed by atoms with Crippen LogP contribution >= 0.6 is 0 Å². The zero-order valence-electron chi connectivity index (χ0n) is 25.2. The van der Waals surface area contributed by atoms with Crippen molar-refractivity contribution in [1.29, 1.82) is 0 Å². The lowest BCUT2D eigenvalue weighted by atomic mass is 10.0. The van der Waals surface area contributed by atoms with Crippen molar-refractivity contribution in [1.82, 2.24) is 19.3 Å².